The van der Waals surface area contributed by atoms with E-state index in [4.69, 9.17) is 4.65 Å². The largest absolute Gasteiger partial charge is 0.829 e. The van der Waals surface area contributed by atoms with E-state index in [-0.39, 0.29) is 17.4 Å². The topological polar surface area (TPSA) is 38.5 Å². The number of fused-ring (bicyclic) bond motifs is 1. The number of methoxy groups -OCH3 is 1. The van der Waals surface area contributed by atoms with Gasteiger partial charge < -0.3 is 22.5 Å². The van der Waals surface area contributed by atoms with Crippen molar-refractivity contribution in [3.05, 3.63) is 36.1 Å². The van der Waals surface area contributed by atoms with E-state index >= 15 is 0 Å². The van der Waals surface area contributed by atoms with Gasteiger partial charge in [0.15, 0.2) is 5.71 Å². The van der Waals surface area contributed by atoms with E-state index in [0.29, 0.717) is 0 Å². The molecule has 0 N–H and O–H groups in total. The van der Waals surface area contributed by atoms with Crippen LogP contribution in [0.5, 0.6) is 0 Å². The predicted octanol–water partition coefficient (Wildman–Crippen LogP) is 2.05. The Kier molecular flexibility index (Phi) is 3.79. The first-order chi connectivity index (χ1) is 9.38. The van der Waals surface area contributed by atoms with Gasteiger partial charge in [-0.1, -0.05) is 32.1 Å². The maximum atomic E-state index is 14.2. The van der Waals surface area contributed by atoms with E-state index in [1.165, 1.54) is 19.3 Å². The highest BCUT2D eigenvalue weighted by atomic mass is 19.3. The number of nitrogens with zero attached hydrogens (tertiary/aromatic N) is 1. The molecule has 20 heavy (non-hydrogen) atoms. The summed E-state index contributed by atoms with van der Waals surface area (Å²) in [6.45, 7) is 3.38. The van der Waals surface area contributed by atoms with Crippen LogP contribution in [0.15, 0.2) is 36.1 Å². The maximum Gasteiger partial charge on any atom is 0.829 e. The third-order valence-electron chi connectivity index (χ3n) is 3.22. The summed E-state index contributed by atoms with van der Waals surface area (Å²) in [6, 6.07) is -1.10. The third-order valence-corrected chi connectivity index (χ3v) is 3.22. The predicted molar refractivity (Wildman–Crippen MR) is 71.3 cm³/mol. The van der Waals surface area contributed by atoms with Crippen molar-refractivity contribution in [3.8, 4) is 0 Å². The van der Waals surface area contributed by atoms with Crippen LogP contribution in [0.1, 0.15) is 13.8 Å². The fourth-order valence-electron chi connectivity index (χ4n) is 2.37. The van der Waals surface area contributed by atoms with Crippen LogP contribution in [0.3, 0.4) is 0 Å². The normalized spacial score (nSPS) is 21.2. The molecule has 0 aromatic carbocycles. The molecule has 0 fully saturated rings. The molecule has 2 aliphatic rings. The van der Waals surface area contributed by atoms with Gasteiger partial charge in [-0.05, 0) is 6.08 Å². The van der Waals surface area contributed by atoms with Crippen LogP contribution in [-0.2, 0) is 14.2 Å². The molecule has 0 unspecified atom stereocenters. The van der Waals surface area contributed by atoms with Crippen molar-refractivity contribution in [1.82, 2.24) is 0 Å². The van der Waals surface area contributed by atoms with Crippen molar-refractivity contribution in [2.75, 3.05) is 7.11 Å². The molecule has 0 aromatic rings. The Balaban J connectivity index is 2.60. The minimum Gasteiger partial charge on any atom is -0.595 e. The molecular weight excluding hydrogens is 267 g/mol. The smallest absolute Gasteiger partial charge is 0.595 e. The SMILES string of the molecule is COC(=O)[C@H](C(C)C)[N+]1=C2C=CC=CC=C2O[B-]1(F)F. The Morgan fingerprint density at radius 1 is 1.35 bits per heavy atom. The first-order valence-corrected chi connectivity index (χ1v) is 6.37. The second-order valence-corrected chi connectivity index (χ2v) is 4.96. The van der Waals surface area contributed by atoms with Gasteiger partial charge in [0.05, 0.1) is 7.11 Å². The van der Waals surface area contributed by atoms with Crippen LogP contribution in [-0.4, -0.2) is 36.4 Å². The Hall–Kier alpha value is -1.92. The zero-order valence-corrected chi connectivity index (χ0v) is 11.5. The summed E-state index contributed by atoms with van der Waals surface area (Å²) in [5.41, 5.74) is 0.198. The lowest BCUT2D eigenvalue weighted by molar-refractivity contribution is -0.470. The molecule has 7 heteroatoms. The van der Waals surface area contributed by atoms with Crippen LogP contribution < -0.4 is 0 Å². The Labute approximate surface area is 116 Å². The number of allylic oxidation sites excluding steroid dienone is 5. The highest BCUT2D eigenvalue weighted by Crippen LogP contribution is 2.30. The zero-order valence-electron chi connectivity index (χ0n) is 11.5. The molecule has 0 saturated carbocycles. The van der Waals surface area contributed by atoms with Crippen molar-refractivity contribution >= 4 is 18.7 Å². The first kappa shape index (κ1) is 14.5. The molecule has 0 aromatic heterocycles. The Morgan fingerprint density at radius 3 is 2.65 bits per heavy atom. The van der Waals surface area contributed by atoms with E-state index in [9.17, 15) is 13.4 Å². The van der Waals surface area contributed by atoms with Gasteiger partial charge in [-0.3, -0.25) is 0 Å². The van der Waals surface area contributed by atoms with Crippen molar-refractivity contribution in [1.29, 1.82) is 0 Å². The van der Waals surface area contributed by atoms with E-state index < -0.39 is 19.0 Å². The highest BCUT2D eigenvalue weighted by Gasteiger charge is 2.59. The molecule has 0 saturated heterocycles. The average molecular weight is 283 g/mol. The molecule has 1 aliphatic carbocycles. The van der Waals surface area contributed by atoms with Crippen LogP contribution in [0.25, 0.3) is 0 Å². The number of hydrogen-bond acceptors (Lipinski definition) is 3. The summed E-state index contributed by atoms with van der Waals surface area (Å²) in [5.74, 6) is -0.991. The maximum absolute atomic E-state index is 14.2. The molecule has 0 spiro atoms. The number of rotatable bonds is 3. The van der Waals surface area contributed by atoms with Crippen molar-refractivity contribution in [2.24, 2.45) is 5.92 Å². The van der Waals surface area contributed by atoms with Gasteiger partial charge in [0.2, 0.25) is 6.04 Å². The monoisotopic (exact) mass is 283 g/mol. The Morgan fingerprint density at radius 2 is 2.05 bits per heavy atom. The number of carbonyl (C=O) groups excluding carboxylic acids is 1. The zero-order chi connectivity index (χ0) is 14.9. The van der Waals surface area contributed by atoms with Crippen molar-refractivity contribution in [3.63, 3.8) is 0 Å². The molecule has 108 valence electrons. The molecule has 0 bridgehead atoms. The van der Waals surface area contributed by atoms with E-state index in [0.717, 1.165) is 4.49 Å². The fraction of sp³-hybridized carbons (Fsp3) is 0.385. The molecule has 4 nitrogen and oxygen atoms in total. The van der Waals surface area contributed by atoms with Gasteiger partial charge in [0, 0.05) is 12.0 Å². The van der Waals surface area contributed by atoms with Gasteiger partial charge in [-0.25, -0.2) is 4.79 Å². The molecular formula is C13H16BF2NO3. The molecule has 2 rings (SSSR count). The minimum atomic E-state index is -4.30. The molecule has 1 atom stereocenters. The average Bonchev–Trinajstić information content (AvgIpc) is 2.54. The molecule has 1 heterocycles. The van der Waals surface area contributed by atoms with Crippen LogP contribution in [0.4, 0.5) is 8.63 Å². The Bertz CT molecular complexity index is 550. The van der Waals surface area contributed by atoms with E-state index in [1.54, 1.807) is 32.1 Å². The number of ether oxygens (including phenoxy) is 1. The van der Waals surface area contributed by atoms with E-state index in [1.807, 2.05) is 0 Å². The van der Waals surface area contributed by atoms with Gasteiger partial charge in [-0.2, -0.15) is 0 Å². The minimum absolute atomic E-state index is 0.0644. The summed E-state index contributed by atoms with van der Waals surface area (Å²) in [6.07, 6.45) is 7.90. The number of hydrogen-bond donors (Lipinski definition) is 0. The van der Waals surface area contributed by atoms with Crippen LogP contribution in [0, 0.1) is 5.92 Å². The van der Waals surface area contributed by atoms with Gasteiger partial charge >= 0.3 is 13.0 Å². The summed E-state index contributed by atoms with van der Waals surface area (Å²) in [4.78, 5) is 11.9. The fourth-order valence-corrected chi connectivity index (χ4v) is 2.37. The second kappa shape index (κ2) is 5.23. The molecule has 0 amide bonds. The molecule has 1 aliphatic heterocycles. The van der Waals surface area contributed by atoms with Gasteiger partial charge in [-0.15, -0.1) is 0 Å². The van der Waals surface area contributed by atoms with Crippen LogP contribution >= 0.6 is 0 Å². The standard InChI is InChI=1S/C13H16BF2NO3/c1-9(2)12(13(18)19-3)17-10-7-5-4-6-8-11(10)20-14(17,15)16/h4-9,12H,1-3H3/t12-/m0/s1. The lowest BCUT2D eigenvalue weighted by Crippen LogP contribution is -2.51. The lowest BCUT2D eigenvalue weighted by atomic mass is 9.94. The highest BCUT2D eigenvalue weighted by molar-refractivity contribution is 6.54. The van der Waals surface area contributed by atoms with Gasteiger partial charge in [0.1, 0.15) is 5.76 Å². The second-order valence-electron chi connectivity index (χ2n) is 4.96. The number of halogens is 2. The van der Waals surface area contributed by atoms with E-state index in [2.05, 4.69) is 4.74 Å². The number of esters is 1. The van der Waals surface area contributed by atoms with Gasteiger partial charge in [0.25, 0.3) is 0 Å². The first-order valence-electron chi connectivity index (χ1n) is 6.37. The summed E-state index contributed by atoms with van der Waals surface area (Å²) >= 11 is 0. The van der Waals surface area contributed by atoms with Crippen molar-refractivity contribution in [2.45, 2.75) is 19.9 Å². The molecule has 0 radical (unpaired) electrons. The summed E-state index contributed by atoms with van der Waals surface area (Å²) in [5, 5.41) is 0. The van der Waals surface area contributed by atoms with Crippen LogP contribution in [0.2, 0.25) is 0 Å². The summed E-state index contributed by atoms with van der Waals surface area (Å²) in [7, 11) is -3.12. The number of carbonyl (C=O) groups is 1. The summed E-state index contributed by atoms with van der Waals surface area (Å²) < 4.78 is 38.5. The quantitative estimate of drug-likeness (QED) is 0.587. The van der Waals surface area contributed by atoms with Crippen molar-refractivity contribution < 1.29 is 27.3 Å². The lowest BCUT2D eigenvalue weighted by Gasteiger charge is -2.24. The third kappa shape index (κ3) is 2.40.